The van der Waals surface area contributed by atoms with Gasteiger partial charge in [-0.3, -0.25) is 9.69 Å². The molecule has 2 aliphatic heterocycles. The molecule has 0 aromatic heterocycles. The van der Waals surface area contributed by atoms with Crippen LogP contribution in [0.2, 0.25) is 5.02 Å². The SMILES string of the molecule is O=C(O)C1CCCN(Cc2cc(Cl)cc3c2OCC3)C1. The van der Waals surface area contributed by atoms with Gasteiger partial charge in [-0.2, -0.15) is 0 Å². The van der Waals surface area contributed by atoms with E-state index in [-0.39, 0.29) is 5.92 Å². The number of nitrogens with zero attached hydrogens (tertiary/aromatic N) is 1. The largest absolute Gasteiger partial charge is 0.493 e. The molecule has 0 spiro atoms. The average Bonchev–Trinajstić information content (AvgIpc) is 2.87. The summed E-state index contributed by atoms with van der Waals surface area (Å²) in [7, 11) is 0. The number of ether oxygens (including phenoxy) is 1. The third-order valence-electron chi connectivity index (χ3n) is 4.07. The standard InChI is InChI=1S/C15H18ClNO3/c16-13-6-10-3-5-20-14(10)12(7-13)9-17-4-1-2-11(8-17)15(18)19/h6-7,11H,1-5,8-9H2,(H,18,19). The van der Waals surface area contributed by atoms with Crippen molar-refractivity contribution >= 4 is 17.6 Å². The van der Waals surface area contributed by atoms with Crippen molar-refractivity contribution in [1.82, 2.24) is 4.90 Å². The normalized spacial score (nSPS) is 22.4. The van der Waals surface area contributed by atoms with Crippen LogP contribution in [0.3, 0.4) is 0 Å². The first kappa shape index (κ1) is 13.7. The van der Waals surface area contributed by atoms with Gasteiger partial charge in [0.05, 0.1) is 12.5 Å². The van der Waals surface area contributed by atoms with Crippen molar-refractivity contribution in [1.29, 1.82) is 0 Å². The Labute approximate surface area is 123 Å². The number of fused-ring (bicyclic) bond motifs is 1. The van der Waals surface area contributed by atoms with Gasteiger partial charge in [0.15, 0.2) is 0 Å². The van der Waals surface area contributed by atoms with Crippen molar-refractivity contribution in [2.24, 2.45) is 5.92 Å². The summed E-state index contributed by atoms with van der Waals surface area (Å²) in [4.78, 5) is 13.3. The number of likely N-dealkylation sites (tertiary alicyclic amines) is 1. The lowest BCUT2D eigenvalue weighted by atomic mass is 9.97. The summed E-state index contributed by atoms with van der Waals surface area (Å²) in [5.41, 5.74) is 2.25. The Hall–Kier alpha value is -1.26. The summed E-state index contributed by atoms with van der Waals surface area (Å²) in [6.07, 6.45) is 2.61. The fraction of sp³-hybridized carbons (Fsp3) is 0.533. The van der Waals surface area contributed by atoms with E-state index in [1.807, 2.05) is 12.1 Å². The van der Waals surface area contributed by atoms with Crippen molar-refractivity contribution in [2.75, 3.05) is 19.7 Å². The zero-order chi connectivity index (χ0) is 14.1. The molecule has 1 saturated heterocycles. The van der Waals surface area contributed by atoms with Gasteiger partial charge in [-0.15, -0.1) is 0 Å². The monoisotopic (exact) mass is 295 g/mol. The molecular formula is C15H18ClNO3. The van der Waals surface area contributed by atoms with E-state index in [4.69, 9.17) is 21.4 Å². The number of carbonyl (C=O) groups is 1. The molecule has 4 nitrogen and oxygen atoms in total. The first-order chi connectivity index (χ1) is 9.63. The van der Waals surface area contributed by atoms with E-state index < -0.39 is 5.97 Å². The first-order valence-corrected chi connectivity index (χ1v) is 7.40. The van der Waals surface area contributed by atoms with Gasteiger partial charge >= 0.3 is 5.97 Å². The molecule has 1 N–H and O–H groups in total. The zero-order valence-electron chi connectivity index (χ0n) is 11.3. The number of rotatable bonds is 3. The smallest absolute Gasteiger partial charge is 0.307 e. The molecule has 5 heteroatoms. The van der Waals surface area contributed by atoms with Gasteiger partial charge in [0.2, 0.25) is 0 Å². The van der Waals surface area contributed by atoms with Gasteiger partial charge in [-0.25, -0.2) is 0 Å². The maximum Gasteiger partial charge on any atom is 0.307 e. The van der Waals surface area contributed by atoms with Crippen LogP contribution in [-0.4, -0.2) is 35.7 Å². The quantitative estimate of drug-likeness (QED) is 0.931. The summed E-state index contributed by atoms with van der Waals surface area (Å²) in [6.45, 7) is 2.97. The molecule has 0 amide bonds. The Morgan fingerprint density at radius 1 is 1.50 bits per heavy atom. The Kier molecular flexibility index (Phi) is 3.85. The highest BCUT2D eigenvalue weighted by molar-refractivity contribution is 6.30. The minimum atomic E-state index is -0.692. The zero-order valence-corrected chi connectivity index (χ0v) is 12.0. The van der Waals surface area contributed by atoms with Crippen molar-refractivity contribution in [3.8, 4) is 5.75 Å². The molecule has 1 fully saturated rings. The van der Waals surface area contributed by atoms with E-state index in [1.54, 1.807) is 0 Å². The number of hydrogen-bond donors (Lipinski definition) is 1. The van der Waals surface area contributed by atoms with Crippen LogP contribution >= 0.6 is 11.6 Å². The number of carboxylic acid groups (broad SMARTS) is 1. The third-order valence-corrected chi connectivity index (χ3v) is 4.29. The lowest BCUT2D eigenvalue weighted by Crippen LogP contribution is -2.38. The Balaban J connectivity index is 1.76. The number of halogens is 1. The van der Waals surface area contributed by atoms with E-state index in [9.17, 15) is 4.79 Å². The summed E-state index contributed by atoms with van der Waals surface area (Å²) in [5.74, 6) is 0.00558. The topological polar surface area (TPSA) is 49.8 Å². The number of piperidine rings is 1. The predicted octanol–water partition coefficient (Wildman–Crippen LogP) is 2.57. The van der Waals surface area contributed by atoms with Gasteiger partial charge in [-0.1, -0.05) is 11.6 Å². The summed E-state index contributed by atoms with van der Waals surface area (Å²) >= 11 is 6.16. The first-order valence-electron chi connectivity index (χ1n) is 7.03. The van der Waals surface area contributed by atoms with Gasteiger partial charge in [0, 0.05) is 30.1 Å². The third kappa shape index (κ3) is 2.76. The highest BCUT2D eigenvalue weighted by Crippen LogP contribution is 2.34. The Bertz CT molecular complexity index is 532. The van der Waals surface area contributed by atoms with E-state index in [2.05, 4.69) is 4.90 Å². The van der Waals surface area contributed by atoms with Crippen LogP contribution in [0.15, 0.2) is 12.1 Å². The van der Waals surface area contributed by atoms with Crippen LogP contribution in [-0.2, 0) is 17.8 Å². The second-order valence-electron chi connectivity index (χ2n) is 5.56. The van der Waals surface area contributed by atoms with Crippen LogP contribution in [0, 0.1) is 5.92 Å². The maximum absolute atomic E-state index is 11.1. The average molecular weight is 296 g/mol. The fourth-order valence-corrected chi connectivity index (χ4v) is 3.37. The maximum atomic E-state index is 11.1. The highest BCUT2D eigenvalue weighted by atomic mass is 35.5. The molecule has 108 valence electrons. The Morgan fingerprint density at radius 2 is 2.35 bits per heavy atom. The van der Waals surface area contributed by atoms with E-state index >= 15 is 0 Å². The molecule has 1 atom stereocenters. The molecule has 0 bridgehead atoms. The van der Waals surface area contributed by atoms with Crippen LogP contribution in [0.4, 0.5) is 0 Å². The van der Waals surface area contributed by atoms with Crippen LogP contribution in [0.25, 0.3) is 0 Å². The van der Waals surface area contributed by atoms with Crippen molar-refractivity contribution in [3.63, 3.8) is 0 Å². The minimum absolute atomic E-state index is 0.253. The van der Waals surface area contributed by atoms with E-state index in [1.165, 1.54) is 5.56 Å². The molecular weight excluding hydrogens is 278 g/mol. The molecule has 1 aromatic rings. The summed E-state index contributed by atoms with van der Waals surface area (Å²) < 4.78 is 5.70. The number of hydrogen-bond acceptors (Lipinski definition) is 3. The highest BCUT2D eigenvalue weighted by Gasteiger charge is 2.27. The second-order valence-corrected chi connectivity index (χ2v) is 6.00. The summed E-state index contributed by atoms with van der Waals surface area (Å²) in [6, 6.07) is 3.90. The molecule has 2 heterocycles. The van der Waals surface area contributed by atoms with Crippen LogP contribution in [0.5, 0.6) is 5.75 Å². The fourth-order valence-electron chi connectivity index (χ4n) is 3.11. The Morgan fingerprint density at radius 3 is 3.15 bits per heavy atom. The molecule has 20 heavy (non-hydrogen) atoms. The number of carboxylic acids is 1. The molecule has 0 aliphatic carbocycles. The molecule has 2 aliphatic rings. The van der Waals surface area contributed by atoms with Crippen LogP contribution in [0.1, 0.15) is 24.0 Å². The molecule has 1 aromatic carbocycles. The lowest BCUT2D eigenvalue weighted by Gasteiger charge is -2.31. The van der Waals surface area contributed by atoms with Crippen LogP contribution < -0.4 is 4.74 Å². The van der Waals surface area contributed by atoms with E-state index in [0.717, 1.165) is 42.1 Å². The van der Waals surface area contributed by atoms with Gasteiger partial charge in [0.1, 0.15) is 5.75 Å². The predicted molar refractivity (Wildman–Crippen MR) is 76.3 cm³/mol. The minimum Gasteiger partial charge on any atom is -0.493 e. The van der Waals surface area contributed by atoms with E-state index in [0.29, 0.717) is 19.7 Å². The number of aliphatic carboxylic acids is 1. The lowest BCUT2D eigenvalue weighted by molar-refractivity contribution is -0.143. The molecule has 1 unspecified atom stereocenters. The molecule has 0 radical (unpaired) electrons. The van der Waals surface area contributed by atoms with Gasteiger partial charge in [-0.05, 0) is 37.1 Å². The van der Waals surface area contributed by atoms with Crippen molar-refractivity contribution in [3.05, 3.63) is 28.3 Å². The van der Waals surface area contributed by atoms with Gasteiger partial charge in [0.25, 0.3) is 0 Å². The van der Waals surface area contributed by atoms with Crippen molar-refractivity contribution in [2.45, 2.75) is 25.8 Å². The van der Waals surface area contributed by atoms with Crippen molar-refractivity contribution < 1.29 is 14.6 Å². The molecule has 3 rings (SSSR count). The van der Waals surface area contributed by atoms with Gasteiger partial charge < -0.3 is 9.84 Å². The molecule has 0 saturated carbocycles. The second kappa shape index (κ2) is 5.62. The summed E-state index contributed by atoms with van der Waals surface area (Å²) in [5, 5.41) is 9.88. The number of benzene rings is 1.